The van der Waals surface area contributed by atoms with Crippen LogP contribution in [-0.2, 0) is 16.0 Å². The van der Waals surface area contributed by atoms with E-state index in [2.05, 4.69) is 10.3 Å². The van der Waals surface area contributed by atoms with Crippen molar-refractivity contribution < 1.29 is 9.59 Å². The second-order valence-electron chi connectivity index (χ2n) is 6.48. The molecule has 0 saturated carbocycles. The van der Waals surface area contributed by atoms with Gasteiger partial charge in [0.05, 0.1) is 5.92 Å². The predicted octanol–water partition coefficient (Wildman–Crippen LogP) is 1.39. The van der Waals surface area contributed by atoms with Crippen LogP contribution in [0.2, 0.25) is 0 Å². The summed E-state index contributed by atoms with van der Waals surface area (Å²) < 4.78 is 0. The number of carbonyl (C=O) groups excluding carboxylic acids is 2. The fraction of sp³-hybridized carbons (Fsp3) is 0.562. The molecule has 0 radical (unpaired) electrons. The number of hydrogen-bond donors (Lipinski definition) is 1. The summed E-state index contributed by atoms with van der Waals surface area (Å²) in [5.74, 6) is -0.195. The van der Waals surface area contributed by atoms with Crippen molar-refractivity contribution in [1.29, 1.82) is 0 Å². The highest BCUT2D eigenvalue weighted by Gasteiger charge is 2.39. The maximum Gasteiger partial charge on any atom is 0.225 e. The Kier molecular flexibility index (Phi) is 4.60. The van der Waals surface area contributed by atoms with Crippen molar-refractivity contribution in [2.24, 2.45) is 5.92 Å². The lowest BCUT2D eigenvalue weighted by Gasteiger charge is -2.31. The lowest BCUT2D eigenvalue weighted by Crippen LogP contribution is -2.43. The van der Waals surface area contributed by atoms with E-state index in [1.807, 2.05) is 32.9 Å². The standard InChI is InChI=1S/C16H23N3O2/c1-16(2,3)19-11-13(9-14(19)20)15(21)18-8-6-12-5-4-7-17-10-12/h4-5,7,10,13H,6,8-9,11H2,1-3H3,(H,18,21)/t13-/m0/s1. The maximum absolute atomic E-state index is 12.1. The third kappa shape index (κ3) is 4.03. The Labute approximate surface area is 125 Å². The normalized spacial score (nSPS) is 18.9. The van der Waals surface area contributed by atoms with Crippen LogP contribution >= 0.6 is 0 Å². The van der Waals surface area contributed by atoms with E-state index in [4.69, 9.17) is 0 Å². The van der Waals surface area contributed by atoms with Crippen LogP contribution in [-0.4, -0.2) is 40.3 Å². The van der Waals surface area contributed by atoms with Gasteiger partial charge in [0.1, 0.15) is 0 Å². The van der Waals surface area contributed by atoms with Crippen molar-refractivity contribution >= 4 is 11.8 Å². The fourth-order valence-electron chi connectivity index (χ4n) is 2.55. The molecule has 1 fully saturated rings. The monoisotopic (exact) mass is 289 g/mol. The zero-order valence-corrected chi connectivity index (χ0v) is 12.9. The second-order valence-corrected chi connectivity index (χ2v) is 6.48. The molecular weight excluding hydrogens is 266 g/mol. The molecule has 1 aromatic heterocycles. The number of nitrogens with one attached hydrogen (secondary N) is 1. The average molecular weight is 289 g/mol. The molecule has 2 rings (SSSR count). The lowest BCUT2D eigenvalue weighted by molar-refractivity contribution is -0.132. The van der Waals surface area contributed by atoms with Gasteiger partial charge in [-0.3, -0.25) is 14.6 Å². The van der Waals surface area contributed by atoms with Gasteiger partial charge < -0.3 is 10.2 Å². The molecule has 2 amide bonds. The molecule has 2 heterocycles. The Morgan fingerprint density at radius 1 is 1.48 bits per heavy atom. The molecule has 0 aromatic carbocycles. The minimum Gasteiger partial charge on any atom is -0.355 e. The Morgan fingerprint density at radius 3 is 2.81 bits per heavy atom. The van der Waals surface area contributed by atoms with Crippen LogP contribution in [0.1, 0.15) is 32.8 Å². The summed E-state index contributed by atoms with van der Waals surface area (Å²) in [4.78, 5) is 29.9. The van der Waals surface area contributed by atoms with Gasteiger partial charge >= 0.3 is 0 Å². The van der Waals surface area contributed by atoms with E-state index < -0.39 is 0 Å². The fourth-order valence-corrected chi connectivity index (χ4v) is 2.55. The predicted molar refractivity (Wildman–Crippen MR) is 80.5 cm³/mol. The average Bonchev–Trinajstić information content (AvgIpc) is 2.82. The van der Waals surface area contributed by atoms with E-state index in [0.717, 1.165) is 12.0 Å². The number of hydrogen-bond acceptors (Lipinski definition) is 3. The number of likely N-dealkylation sites (tertiary alicyclic amines) is 1. The van der Waals surface area contributed by atoms with Crippen molar-refractivity contribution in [2.45, 2.75) is 39.2 Å². The molecule has 0 unspecified atom stereocenters. The summed E-state index contributed by atoms with van der Waals surface area (Å²) in [5, 5.41) is 2.92. The Morgan fingerprint density at radius 2 is 2.24 bits per heavy atom. The first-order chi connectivity index (χ1) is 9.88. The number of aromatic nitrogens is 1. The third-order valence-corrected chi connectivity index (χ3v) is 3.74. The van der Waals surface area contributed by atoms with Crippen molar-refractivity contribution in [3.63, 3.8) is 0 Å². The van der Waals surface area contributed by atoms with Crippen molar-refractivity contribution in [3.05, 3.63) is 30.1 Å². The zero-order chi connectivity index (χ0) is 15.5. The molecule has 0 bridgehead atoms. The molecule has 21 heavy (non-hydrogen) atoms. The van der Waals surface area contributed by atoms with Crippen molar-refractivity contribution in [1.82, 2.24) is 15.2 Å². The van der Waals surface area contributed by atoms with Gasteiger partial charge in [0.25, 0.3) is 0 Å². The Bertz CT molecular complexity index is 508. The van der Waals surface area contributed by atoms with Crippen LogP contribution in [0.25, 0.3) is 0 Å². The molecule has 1 aliphatic heterocycles. The van der Waals surface area contributed by atoms with Gasteiger partial charge in [0.2, 0.25) is 11.8 Å². The van der Waals surface area contributed by atoms with Gasteiger partial charge in [-0.1, -0.05) is 6.07 Å². The molecule has 5 heteroatoms. The lowest BCUT2D eigenvalue weighted by atomic mass is 10.1. The quantitative estimate of drug-likeness (QED) is 0.911. The first-order valence-corrected chi connectivity index (χ1v) is 7.35. The molecule has 1 aromatic rings. The first-order valence-electron chi connectivity index (χ1n) is 7.35. The van der Waals surface area contributed by atoms with Crippen LogP contribution in [0.15, 0.2) is 24.5 Å². The maximum atomic E-state index is 12.1. The number of pyridine rings is 1. The molecule has 0 spiro atoms. The van der Waals surface area contributed by atoms with Crippen molar-refractivity contribution in [2.75, 3.05) is 13.1 Å². The molecular formula is C16H23N3O2. The number of amides is 2. The highest BCUT2D eigenvalue weighted by Crippen LogP contribution is 2.25. The van der Waals surface area contributed by atoms with E-state index >= 15 is 0 Å². The molecule has 5 nitrogen and oxygen atoms in total. The Balaban J connectivity index is 1.81. The van der Waals surface area contributed by atoms with Gasteiger partial charge in [-0.05, 0) is 38.8 Å². The van der Waals surface area contributed by atoms with Crippen molar-refractivity contribution in [3.8, 4) is 0 Å². The highest BCUT2D eigenvalue weighted by atomic mass is 16.2. The minimum atomic E-state index is -0.231. The van der Waals surface area contributed by atoms with E-state index in [0.29, 0.717) is 19.5 Å². The minimum absolute atomic E-state index is 0.0287. The number of nitrogens with zero attached hydrogens (tertiary/aromatic N) is 2. The zero-order valence-electron chi connectivity index (χ0n) is 12.9. The van der Waals surface area contributed by atoms with Crippen LogP contribution in [0.3, 0.4) is 0 Å². The van der Waals surface area contributed by atoms with Gasteiger partial charge in [-0.2, -0.15) is 0 Å². The van der Waals surface area contributed by atoms with Gasteiger partial charge in [0.15, 0.2) is 0 Å². The van der Waals surface area contributed by atoms with Gasteiger partial charge in [-0.15, -0.1) is 0 Å². The molecule has 1 aliphatic rings. The smallest absolute Gasteiger partial charge is 0.225 e. The van der Waals surface area contributed by atoms with E-state index in [1.54, 1.807) is 17.3 Å². The third-order valence-electron chi connectivity index (χ3n) is 3.74. The van der Waals surface area contributed by atoms with Crippen LogP contribution in [0, 0.1) is 5.92 Å². The van der Waals surface area contributed by atoms with Crippen LogP contribution < -0.4 is 5.32 Å². The largest absolute Gasteiger partial charge is 0.355 e. The molecule has 1 atom stereocenters. The summed E-state index contributed by atoms with van der Waals surface area (Å²) in [6, 6.07) is 3.87. The summed E-state index contributed by atoms with van der Waals surface area (Å²) in [5.41, 5.74) is 0.874. The summed E-state index contributed by atoms with van der Waals surface area (Å²) in [7, 11) is 0. The topological polar surface area (TPSA) is 62.3 Å². The van der Waals surface area contributed by atoms with Gasteiger partial charge in [-0.25, -0.2) is 0 Å². The second kappa shape index (κ2) is 6.24. The van der Waals surface area contributed by atoms with Crippen LogP contribution in [0.4, 0.5) is 0 Å². The molecule has 1 N–H and O–H groups in total. The summed E-state index contributed by atoms with van der Waals surface area (Å²) in [6.45, 7) is 7.07. The van der Waals surface area contributed by atoms with E-state index in [1.165, 1.54) is 0 Å². The van der Waals surface area contributed by atoms with E-state index in [9.17, 15) is 9.59 Å². The molecule has 0 aliphatic carbocycles. The molecule has 114 valence electrons. The summed E-state index contributed by atoms with van der Waals surface area (Å²) in [6.07, 6.45) is 4.60. The number of carbonyl (C=O) groups is 2. The highest BCUT2D eigenvalue weighted by molar-refractivity contribution is 5.89. The first kappa shape index (κ1) is 15.5. The number of rotatable bonds is 4. The SMILES string of the molecule is CC(C)(C)N1C[C@@H](C(=O)NCCc2cccnc2)CC1=O. The molecule has 1 saturated heterocycles. The van der Waals surface area contributed by atoms with Crippen LogP contribution in [0.5, 0.6) is 0 Å². The summed E-state index contributed by atoms with van der Waals surface area (Å²) >= 11 is 0. The van der Waals surface area contributed by atoms with E-state index in [-0.39, 0.29) is 23.3 Å². The van der Waals surface area contributed by atoms with Gasteiger partial charge in [0, 0.05) is 37.4 Å². The Hall–Kier alpha value is -1.91.